The molecule has 6 nitrogen and oxygen atoms in total. The minimum absolute atomic E-state index is 0.187. The van der Waals surface area contributed by atoms with Crippen molar-refractivity contribution in [1.82, 2.24) is 4.90 Å². The molecule has 1 aliphatic heterocycles. The van der Waals surface area contributed by atoms with Crippen molar-refractivity contribution < 1.29 is 24.2 Å². The third-order valence-corrected chi connectivity index (χ3v) is 2.93. The van der Waals surface area contributed by atoms with E-state index in [-0.39, 0.29) is 30.5 Å². The zero-order chi connectivity index (χ0) is 14.8. The normalized spacial score (nSPS) is 21.4. The summed E-state index contributed by atoms with van der Waals surface area (Å²) in [4.78, 5) is 35.7. The third kappa shape index (κ3) is 4.74. The lowest BCUT2D eigenvalue weighted by Gasteiger charge is -2.26. The molecule has 0 spiro atoms. The summed E-state index contributed by atoms with van der Waals surface area (Å²) in [6.45, 7) is 5.34. The van der Waals surface area contributed by atoms with Crippen molar-refractivity contribution >= 4 is 30.5 Å². The highest BCUT2D eigenvalue weighted by Crippen LogP contribution is 2.21. The SMILES string of the molecule is CC(C)(C)OC(=O)C[C@@H](C(=O)O)N1CC(S)CC1=O. The Kier molecular flexibility index (Phi) is 4.84. The van der Waals surface area contributed by atoms with Crippen LogP contribution in [0.3, 0.4) is 0 Å². The highest BCUT2D eigenvalue weighted by Gasteiger charge is 2.38. The Labute approximate surface area is 117 Å². The zero-order valence-corrected chi connectivity index (χ0v) is 12.1. The standard InChI is InChI=1S/C12H19NO5S/c1-12(2,3)18-10(15)5-8(11(16)17)13-6-7(19)4-9(13)14/h7-8,19H,4-6H2,1-3H3,(H,16,17)/t7?,8-/m0/s1. The number of amides is 1. The molecule has 1 amide bonds. The second-order valence-electron chi connectivity index (χ2n) is 5.55. The lowest BCUT2D eigenvalue weighted by molar-refractivity contribution is -0.161. The summed E-state index contributed by atoms with van der Waals surface area (Å²) in [5.74, 6) is -2.13. The predicted octanol–water partition coefficient (Wildman–Crippen LogP) is 0.702. The number of hydrogen-bond donors (Lipinski definition) is 2. The molecule has 1 aliphatic rings. The molecule has 19 heavy (non-hydrogen) atoms. The average Bonchev–Trinajstić information content (AvgIpc) is 2.51. The lowest BCUT2D eigenvalue weighted by atomic mass is 10.1. The van der Waals surface area contributed by atoms with Gasteiger partial charge in [-0.2, -0.15) is 12.6 Å². The lowest BCUT2D eigenvalue weighted by Crippen LogP contribution is -2.44. The number of rotatable bonds is 4. The van der Waals surface area contributed by atoms with Crippen LogP contribution in [0.25, 0.3) is 0 Å². The van der Waals surface area contributed by atoms with Crippen LogP contribution >= 0.6 is 12.6 Å². The number of carbonyl (C=O) groups excluding carboxylic acids is 2. The molecule has 0 bridgehead atoms. The van der Waals surface area contributed by atoms with Crippen molar-refractivity contribution in [2.24, 2.45) is 0 Å². The van der Waals surface area contributed by atoms with Gasteiger partial charge in [-0.05, 0) is 20.8 Å². The van der Waals surface area contributed by atoms with Crippen LogP contribution in [0, 0.1) is 0 Å². The molecule has 1 saturated heterocycles. The first-order valence-corrected chi connectivity index (χ1v) is 6.54. The van der Waals surface area contributed by atoms with Gasteiger partial charge in [0.15, 0.2) is 0 Å². The molecular formula is C12H19NO5S. The molecule has 108 valence electrons. The quantitative estimate of drug-likeness (QED) is 0.588. The van der Waals surface area contributed by atoms with Gasteiger partial charge in [-0.1, -0.05) is 0 Å². The van der Waals surface area contributed by atoms with Crippen LogP contribution in [0.15, 0.2) is 0 Å². The van der Waals surface area contributed by atoms with Crippen LogP contribution in [0.5, 0.6) is 0 Å². The molecule has 0 aromatic rings. The molecule has 1 heterocycles. The molecule has 0 aliphatic carbocycles. The largest absolute Gasteiger partial charge is 0.480 e. The van der Waals surface area contributed by atoms with E-state index in [4.69, 9.17) is 9.84 Å². The fourth-order valence-electron chi connectivity index (χ4n) is 1.89. The van der Waals surface area contributed by atoms with Crippen molar-refractivity contribution in [3.63, 3.8) is 0 Å². The molecule has 1 rings (SSSR count). The Balaban J connectivity index is 2.72. The van der Waals surface area contributed by atoms with E-state index in [2.05, 4.69) is 12.6 Å². The van der Waals surface area contributed by atoms with E-state index < -0.39 is 23.6 Å². The van der Waals surface area contributed by atoms with Crippen LogP contribution in [0.1, 0.15) is 33.6 Å². The monoisotopic (exact) mass is 289 g/mol. The molecule has 0 saturated carbocycles. The van der Waals surface area contributed by atoms with Gasteiger partial charge in [-0.25, -0.2) is 4.79 Å². The van der Waals surface area contributed by atoms with Gasteiger partial charge < -0.3 is 14.7 Å². The van der Waals surface area contributed by atoms with Gasteiger partial charge in [0.25, 0.3) is 0 Å². The topological polar surface area (TPSA) is 83.9 Å². The minimum atomic E-state index is -1.21. The maximum atomic E-state index is 11.7. The second-order valence-corrected chi connectivity index (χ2v) is 6.28. The Morgan fingerprint density at radius 1 is 1.53 bits per heavy atom. The van der Waals surface area contributed by atoms with Crippen LogP contribution in [0.4, 0.5) is 0 Å². The summed E-state index contributed by atoms with van der Waals surface area (Å²) in [6.07, 6.45) is -0.153. The van der Waals surface area contributed by atoms with E-state index in [1.165, 1.54) is 4.90 Å². The van der Waals surface area contributed by atoms with E-state index in [1.54, 1.807) is 20.8 Å². The van der Waals surface area contributed by atoms with Crippen LogP contribution < -0.4 is 0 Å². The number of nitrogens with zero attached hydrogens (tertiary/aromatic N) is 1. The van der Waals surface area contributed by atoms with Gasteiger partial charge in [0, 0.05) is 18.2 Å². The number of aliphatic carboxylic acids is 1. The minimum Gasteiger partial charge on any atom is -0.480 e. The summed E-state index contributed by atoms with van der Waals surface area (Å²) in [6, 6.07) is -1.18. The summed E-state index contributed by atoms with van der Waals surface area (Å²) < 4.78 is 5.08. The van der Waals surface area contributed by atoms with Gasteiger partial charge in [0.1, 0.15) is 11.6 Å². The number of carbonyl (C=O) groups is 3. The summed E-state index contributed by atoms with van der Waals surface area (Å²) in [5.41, 5.74) is -0.679. The number of likely N-dealkylation sites (tertiary alicyclic amines) is 1. The van der Waals surface area contributed by atoms with E-state index >= 15 is 0 Å². The van der Waals surface area contributed by atoms with Gasteiger partial charge in [0.05, 0.1) is 6.42 Å². The van der Waals surface area contributed by atoms with E-state index in [1.807, 2.05) is 0 Å². The predicted molar refractivity (Wildman–Crippen MR) is 71.0 cm³/mol. The average molecular weight is 289 g/mol. The van der Waals surface area contributed by atoms with Gasteiger partial charge in [-0.15, -0.1) is 0 Å². The highest BCUT2D eigenvalue weighted by atomic mass is 32.1. The third-order valence-electron chi connectivity index (χ3n) is 2.58. The van der Waals surface area contributed by atoms with Crippen LogP contribution in [-0.4, -0.2) is 51.3 Å². The Bertz CT molecular complexity index is 390. The first-order chi connectivity index (χ1) is 8.60. The number of esters is 1. The van der Waals surface area contributed by atoms with Crippen LogP contribution in [-0.2, 0) is 19.1 Å². The maximum Gasteiger partial charge on any atom is 0.327 e. The number of carboxylic acids is 1. The zero-order valence-electron chi connectivity index (χ0n) is 11.3. The molecule has 1 fully saturated rings. The molecular weight excluding hydrogens is 270 g/mol. The van der Waals surface area contributed by atoms with Crippen LogP contribution in [0.2, 0.25) is 0 Å². The smallest absolute Gasteiger partial charge is 0.327 e. The van der Waals surface area contributed by atoms with Crippen molar-refractivity contribution in [2.75, 3.05) is 6.54 Å². The van der Waals surface area contributed by atoms with Crippen molar-refractivity contribution in [3.8, 4) is 0 Å². The highest BCUT2D eigenvalue weighted by molar-refractivity contribution is 7.81. The molecule has 2 atom stereocenters. The number of carboxylic acid groups (broad SMARTS) is 1. The van der Waals surface area contributed by atoms with Gasteiger partial charge in [0.2, 0.25) is 5.91 Å². The fourth-order valence-corrected chi connectivity index (χ4v) is 2.22. The fraction of sp³-hybridized carbons (Fsp3) is 0.750. The van der Waals surface area contributed by atoms with Gasteiger partial charge in [-0.3, -0.25) is 9.59 Å². The maximum absolute atomic E-state index is 11.7. The number of hydrogen-bond acceptors (Lipinski definition) is 5. The van der Waals surface area contributed by atoms with Crippen molar-refractivity contribution in [1.29, 1.82) is 0 Å². The molecule has 0 aromatic heterocycles. The first kappa shape index (κ1) is 15.8. The second kappa shape index (κ2) is 5.81. The van der Waals surface area contributed by atoms with E-state index in [0.717, 1.165) is 0 Å². The van der Waals surface area contributed by atoms with Gasteiger partial charge >= 0.3 is 11.9 Å². The molecule has 0 radical (unpaired) electrons. The number of thiol groups is 1. The Hall–Kier alpha value is -1.24. The summed E-state index contributed by atoms with van der Waals surface area (Å²) in [5, 5.41) is 8.97. The van der Waals surface area contributed by atoms with Crippen molar-refractivity contribution in [2.45, 2.75) is 50.5 Å². The Morgan fingerprint density at radius 2 is 2.11 bits per heavy atom. The molecule has 0 aromatic carbocycles. The summed E-state index contributed by atoms with van der Waals surface area (Å²) >= 11 is 4.16. The Morgan fingerprint density at radius 3 is 2.47 bits per heavy atom. The molecule has 7 heteroatoms. The molecule has 1 N–H and O–H groups in total. The first-order valence-electron chi connectivity index (χ1n) is 6.02. The van der Waals surface area contributed by atoms with E-state index in [9.17, 15) is 14.4 Å². The van der Waals surface area contributed by atoms with E-state index in [0.29, 0.717) is 0 Å². The van der Waals surface area contributed by atoms with Crippen molar-refractivity contribution in [3.05, 3.63) is 0 Å². The summed E-state index contributed by atoms with van der Waals surface area (Å²) in [7, 11) is 0. The molecule has 1 unspecified atom stereocenters. The number of ether oxygens (including phenoxy) is 1.